The number of fused-ring (bicyclic) bond motifs is 19. The van der Waals surface area contributed by atoms with Crippen LogP contribution in [0.15, 0.2) is 157 Å². The van der Waals surface area contributed by atoms with E-state index in [-0.39, 0.29) is 6.04 Å². The van der Waals surface area contributed by atoms with Gasteiger partial charge in [-0.1, -0.05) is 54.1 Å². The van der Waals surface area contributed by atoms with Crippen molar-refractivity contribution in [2.45, 2.75) is 52.0 Å². The summed E-state index contributed by atoms with van der Waals surface area (Å²) >= 11 is 0. The summed E-state index contributed by atoms with van der Waals surface area (Å²) in [7, 11) is 0. The Kier molecular flexibility index (Phi) is 6.92. The summed E-state index contributed by atoms with van der Waals surface area (Å²) in [4.78, 5) is 0. The third-order valence-electron chi connectivity index (χ3n) is 14.1. The quantitative estimate of drug-likeness (QED) is 0.153. The predicted octanol–water partition coefficient (Wildman–Crippen LogP) is 13.4. The lowest BCUT2D eigenvalue weighted by Gasteiger charge is -2.31. The Labute approximate surface area is 348 Å². The monoisotopic (exact) mass is 773 g/mol. The molecule has 0 spiro atoms. The average molecular weight is 774 g/mol. The Balaban J connectivity index is 1.12. The zero-order valence-electron chi connectivity index (χ0n) is 34.1. The van der Waals surface area contributed by atoms with E-state index in [4.69, 9.17) is 11.0 Å². The van der Waals surface area contributed by atoms with Crippen LogP contribution in [0.4, 0.5) is 0 Å². The summed E-state index contributed by atoms with van der Waals surface area (Å²) in [6.07, 6.45) is 7.33. The molecule has 0 radical (unpaired) electrons. The highest BCUT2D eigenvalue weighted by Crippen LogP contribution is 2.49. The summed E-state index contributed by atoms with van der Waals surface area (Å²) < 4.78 is 14.3. The van der Waals surface area contributed by atoms with Gasteiger partial charge in [-0.2, -0.15) is 9.13 Å². The van der Waals surface area contributed by atoms with Gasteiger partial charge in [0.25, 0.3) is 0 Å². The Morgan fingerprint density at radius 1 is 0.650 bits per heavy atom. The second kappa shape index (κ2) is 12.2. The molecular formula is C56H43N3O+2. The largest absolute Gasteiger partial charge is 0.455 e. The minimum atomic E-state index is 0.246. The van der Waals surface area contributed by atoms with Crippen molar-refractivity contribution in [3.8, 4) is 33.6 Å². The summed E-state index contributed by atoms with van der Waals surface area (Å²) in [6, 6.07) is 50.2. The number of furan rings is 1. The highest BCUT2D eigenvalue weighted by Gasteiger charge is 2.42. The number of hydrogen-bond acceptors (Lipinski definition) is 1. The lowest BCUT2D eigenvalue weighted by atomic mass is 9.77. The molecule has 60 heavy (non-hydrogen) atoms. The minimum Gasteiger partial charge on any atom is -0.455 e. The van der Waals surface area contributed by atoms with Crippen molar-refractivity contribution in [2.24, 2.45) is 0 Å². The van der Waals surface area contributed by atoms with E-state index in [1.165, 1.54) is 99.6 Å². The van der Waals surface area contributed by atoms with E-state index >= 15 is 0 Å². The third kappa shape index (κ3) is 4.56. The number of allylic oxidation sites excluding steroid dienone is 1. The van der Waals surface area contributed by atoms with Crippen molar-refractivity contribution in [3.05, 3.63) is 180 Å². The van der Waals surface area contributed by atoms with Gasteiger partial charge >= 0.3 is 0 Å². The maximum atomic E-state index is 6.82. The van der Waals surface area contributed by atoms with Gasteiger partial charge in [0.1, 0.15) is 11.2 Å². The summed E-state index contributed by atoms with van der Waals surface area (Å²) in [5, 5.41) is 7.28. The fourth-order valence-corrected chi connectivity index (χ4v) is 11.7. The number of nitrogens with zero attached hydrogens (tertiary/aromatic N) is 3. The zero-order valence-corrected chi connectivity index (χ0v) is 34.1. The van der Waals surface area contributed by atoms with Crippen molar-refractivity contribution in [1.82, 2.24) is 4.40 Å². The maximum Gasteiger partial charge on any atom is 0.218 e. The fraction of sp³-hybridized carbons (Fsp3) is 0.143. The molecule has 0 aliphatic carbocycles. The van der Waals surface area contributed by atoms with E-state index in [1.54, 1.807) is 0 Å². The summed E-state index contributed by atoms with van der Waals surface area (Å²) in [5.41, 5.74) is 21.0. The number of aromatic nitrogens is 3. The second-order valence-electron chi connectivity index (χ2n) is 17.5. The highest BCUT2D eigenvalue weighted by molar-refractivity contribution is 6.30. The molecule has 0 fully saturated rings. The van der Waals surface area contributed by atoms with Crippen LogP contribution < -0.4 is 9.13 Å². The molecule has 7 heterocycles. The van der Waals surface area contributed by atoms with Crippen LogP contribution in [-0.2, 0) is 6.42 Å². The van der Waals surface area contributed by atoms with Gasteiger partial charge in [0.15, 0.2) is 24.1 Å². The summed E-state index contributed by atoms with van der Waals surface area (Å²) in [5.74, 6) is 0.325. The van der Waals surface area contributed by atoms with E-state index in [0.717, 1.165) is 46.9 Å². The maximum absolute atomic E-state index is 6.82. The van der Waals surface area contributed by atoms with Gasteiger partial charge in [-0.3, -0.25) is 0 Å². The summed E-state index contributed by atoms with van der Waals surface area (Å²) in [6.45, 7) is 11.5. The molecule has 6 aromatic carbocycles. The van der Waals surface area contributed by atoms with Crippen molar-refractivity contribution in [3.63, 3.8) is 0 Å². The lowest BCUT2D eigenvalue weighted by molar-refractivity contribution is -0.720. The van der Waals surface area contributed by atoms with Gasteiger partial charge in [0.2, 0.25) is 11.4 Å². The van der Waals surface area contributed by atoms with Crippen molar-refractivity contribution < 1.29 is 13.6 Å². The number of pyridine rings is 2. The van der Waals surface area contributed by atoms with Crippen LogP contribution in [0.3, 0.4) is 0 Å². The number of rotatable bonds is 1. The molecule has 0 amide bonds. The van der Waals surface area contributed by atoms with Crippen LogP contribution in [0.2, 0.25) is 0 Å². The smallest absolute Gasteiger partial charge is 0.218 e. The first-order chi connectivity index (χ1) is 29.4. The molecule has 0 saturated carbocycles. The number of hydrogen-bond donors (Lipinski definition) is 0. The minimum absolute atomic E-state index is 0.246. The van der Waals surface area contributed by atoms with Crippen molar-refractivity contribution in [1.29, 1.82) is 0 Å². The van der Waals surface area contributed by atoms with Crippen LogP contribution in [-0.4, -0.2) is 4.40 Å². The molecule has 2 atom stereocenters. The van der Waals surface area contributed by atoms with Gasteiger partial charge in [-0.15, -0.1) is 0 Å². The zero-order chi connectivity index (χ0) is 40.0. The molecular weight excluding hydrogens is 731 g/mol. The molecule has 2 unspecified atom stereocenters. The van der Waals surface area contributed by atoms with Gasteiger partial charge in [0, 0.05) is 62.7 Å². The number of para-hydroxylation sites is 1. The topological polar surface area (TPSA) is 25.3 Å². The van der Waals surface area contributed by atoms with E-state index in [9.17, 15) is 0 Å². The molecule has 4 nitrogen and oxygen atoms in total. The molecule has 4 heteroatoms. The molecule has 5 aromatic heterocycles. The third-order valence-corrected chi connectivity index (χ3v) is 14.1. The first-order valence-electron chi connectivity index (χ1n) is 21.4. The van der Waals surface area contributed by atoms with Gasteiger partial charge < -0.3 is 8.82 Å². The number of aryl methyl sites for hydroxylation is 4. The van der Waals surface area contributed by atoms with Crippen LogP contribution in [0.25, 0.3) is 99.4 Å². The van der Waals surface area contributed by atoms with Crippen molar-refractivity contribution in [2.75, 3.05) is 0 Å². The van der Waals surface area contributed by atoms with Gasteiger partial charge in [-0.25, -0.2) is 0 Å². The van der Waals surface area contributed by atoms with Crippen LogP contribution in [0.1, 0.15) is 52.6 Å². The first-order valence-corrected chi connectivity index (χ1v) is 21.4. The Morgan fingerprint density at radius 3 is 2.30 bits per heavy atom. The van der Waals surface area contributed by atoms with E-state index in [2.05, 4.69) is 180 Å². The molecule has 0 N–H and O–H groups in total. The molecule has 0 bridgehead atoms. The molecule has 286 valence electrons. The predicted molar refractivity (Wildman–Crippen MR) is 246 cm³/mol. The normalized spacial score (nSPS) is 16.4. The van der Waals surface area contributed by atoms with Gasteiger partial charge in [-0.05, 0) is 134 Å². The first kappa shape index (κ1) is 33.9. The SMILES string of the molecule is C=C1CC2C(CCc3cc4c(cc3-c3cccc[n+]31)c1cc(-c3c(C)cc(C)cc3C)cc3c5c6oc7ccccc7c6ccc5n4c13)c1ccccc1-c1cccc[n+]12. The Bertz CT molecular complexity index is 3630. The molecule has 11 aromatic rings. The second-order valence-corrected chi connectivity index (χ2v) is 17.5. The standard InChI is InChI=1S/C56H43N3O/c1-32-25-33(2)53(34(3)26-32)37-28-45-44-31-43-36(30-51(44)59-49-22-21-42-41-15-7-8-18-52(41)60-56(42)54(49)46(29-37)55(45)59)19-20-40-38-13-5-6-14-39(38)47-16-10-12-24-58(47)50(40)27-35(4)57-23-11-9-17-48(43)57/h5-18,21-26,28-31,40,50H,4,19-20,27H2,1-3H3/q+2. The Morgan fingerprint density at radius 2 is 1.42 bits per heavy atom. The van der Waals surface area contributed by atoms with E-state index < -0.39 is 0 Å². The lowest BCUT2D eigenvalue weighted by Crippen LogP contribution is -2.49. The molecule has 0 saturated heterocycles. The Hall–Kier alpha value is -7.04. The van der Waals surface area contributed by atoms with Crippen molar-refractivity contribution >= 4 is 65.7 Å². The van der Waals surface area contributed by atoms with Crippen LogP contribution in [0, 0.1) is 20.8 Å². The molecule has 2 aliphatic rings. The number of benzene rings is 6. The highest BCUT2D eigenvalue weighted by atomic mass is 16.3. The van der Waals surface area contributed by atoms with Crippen LogP contribution >= 0.6 is 0 Å². The molecule has 13 rings (SSSR count). The van der Waals surface area contributed by atoms with E-state index in [1.807, 2.05) is 0 Å². The molecule has 2 aliphatic heterocycles. The van der Waals surface area contributed by atoms with Crippen LogP contribution in [0.5, 0.6) is 0 Å². The van der Waals surface area contributed by atoms with E-state index in [0.29, 0.717) is 5.92 Å². The van der Waals surface area contributed by atoms with Gasteiger partial charge in [0.05, 0.1) is 33.9 Å². The average Bonchev–Trinajstić information content (AvgIpc) is 3.91. The fourth-order valence-electron chi connectivity index (χ4n) is 11.7.